The molecule has 2 N–H and O–H groups in total. The molecular formula is C22H22F3N5O3. The number of pyridine rings is 2. The first-order valence-electron chi connectivity index (χ1n) is 9.90. The van der Waals surface area contributed by atoms with Crippen LogP contribution < -0.4 is 10.9 Å². The van der Waals surface area contributed by atoms with Crippen molar-refractivity contribution in [3.63, 3.8) is 0 Å². The summed E-state index contributed by atoms with van der Waals surface area (Å²) in [6.07, 6.45) is 0.155. The molecule has 0 bridgehead atoms. The van der Waals surface area contributed by atoms with Crippen LogP contribution in [0.5, 0.6) is 0 Å². The Morgan fingerprint density at radius 3 is 2.27 bits per heavy atom. The third-order valence-corrected chi connectivity index (χ3v) is 4.85. The first-order chi connectivity index (χ1) is 15.3. The smallest absolute Gasteiger partial charge is 0.386 e. The van der Waals surface area contributed by atoms with Gasteiger partial charge in [0.1, 0.15) is 5.82 Å². The van der Waals surface area contributed by atoms with Gasteiger partial charge < -0.3 is 10.4 Å². The van der Waals surface area contributed by atoms with Crippen LogP contribution in [0.4, 0.5) is 13.2 Å². The van der Waals surface area contributed by atoms with Gasteiger partial charge in [-0.05, 0) is 45.4 Å². The van der Waals surface area contributed by atoms with Crippen LogP contribution >= 0.6 is 0 Å². The fourth-order valence-corrected chi connectivity index (χ4v) is 2.99. The van der Waals surface area contributed by atoms with E-state index in [0.717, 1.165) is 22.5 Å². The van der Waals surface area contributed by atoms with Gasteiger partial charge in [-0.3, -0.25) is 14.2 Å². The number of nitrogens with zero attached hydrogens (tertiary/aromatic N) is 4. The summed E-state index contributed by atoms with van der Waals surface area (Å²) in [5, 5.41) is 13.1. The van der Waals surface area contributed by atoms with Gasteiger partial charge in [-0.1, -0.05) is 6.07 Å². The third-order valence-electron chi connectivity index (χ3n) is 4.85. The molecular weight excluding hydrogens is 439 g/mol. The molecule has 0 fully saturated rings. The van der Waals surface area contributed by atoms with E-state index >= 15 is 0 Å². The van der Waals surface area contributed by atoms with E-state index < -0.39 is 35.1 Å². The second-order valence-electron chi connectivity index (χ2n) is 8.10. The highest BCUT2D eigenvalue weighted by Gasteiger charge is 2.34. The number of aliphatic hydroxyl groups is 1. The largest absolute Gasteiger partial charge is 0.451 e. The van der Waals surface area contributed by atoms with Crippen LogP contribution in [0.2, 0.25) is 0 Å². The number of aryl methyl sites for hydroxylation is 1. The number of carbonyl (C=O) groups is 1. The molecule has 8 nitrogen and oxygen atoms in total. The molecule has 3 aromatic heterocycles. The molecule has 0 unspecified atom stereocenters. The SMILES string of the molecule is Cc1ccc(-n2cc(C(=O)N[C@H](C)c3cnc(C(F)(F)F)nc3)cc(C(C)(C)O)c2=O)nc1. The van der Waals surface area contributed by atoms with Crippen molar-refractivity contribution in [1.82, 2.24) is 24.8 Å². The normalized spacial score (nSPS) is 13.0. The predicted molar refractivity (Wildman–Crippen MR) is 113 cm³/mol. The van der Waals surface area contributed by atoms with Gasteiger partial charge in [0, 0.05) is 35.9 Å². The Labute approximate surface area is 187 Å². The molecule has 1 amide bonds. The summed E-state index contributed by atoms with van der Waals surface area (Å²) >= 11 is 0. The average Bonchev–Trinajstić information content (AvgIpc) is 2.73. The highest BCUT2D eigenvalue weighted by atomic mass is 19.4. The van der Waals surface area contributed by atoms with Crippen molar-refractivity contribution in [2.75, 3.05) is 0 Å². The zero-order chi connectivity index (χ0) is 24.6. The molecule has 3 rings (SSSR count). The molecule has 11 heteroatoms. The molecule has 0 aliphatic heterocycles. The van der Waals surface area contributed by atoms with Gasteiger partial charge in [0.15, 0.2) is 0 Å². The van der Waals surface area contributed by atoms with Crippen LogP contribution in [0.1, 0.15) is 59.7 Å². The van der Waals surface area contributed by atoms with Crippen molar-refractivity contribution >= 4 is 5.91 Å². The second kappa shape index (κ2) is 8.74. The first kappa shape index (κ1) is 24.1. The topological polar surface area (TPSA) is 110 Å². The highest BCUT2D eigenvalue weighted by Crippen LogP contribution is 2.26. The fourth-order valence-electron chi connectivity index (χ4n) is 2.99. The van der Waals surface area contributed by atoms with E-state index in [2.05, 4.69) is 20.3 Å². The quantitative estimate of drug-likeness (QED) is 0.604. The number of hydrogen-bond donors (Lipinski definition) is 2. The van der Waals surface area contributed by atoms with Gasteiger partial charge in [-0.2, -0.15) is 13.2 Å². The lowest BCUT2D eigenvalue weighted by molar-refractivity contribution is -0.145. The summed E-state index contributed by atoms with van der Waals surface area (Å²) in [6.45, 7) is 6.22. The Hall–Kier alpha value is -3.60. The van der Waals surface area contributed by atoms with Gasteiger partial charge in [-0.15, -0.1) is 0 Å². The third kappa shape index (κ3) is 5.43. The minimum Gasteiger partial charge on any atom is -0.386 e. The average molecular weight is 461 g/mol. The standard InChI is InChI=1S/C22H22F3N5O3/c1-12-5-6-17(26-8-12)30-11-14(7-16(19(30)32)21(3,4)33)18(31)29-13(2)15-9-27-20(28-10-15)22(23,24)25/h5-11,13,33H,1-4H3,(H,29,31)/t13-/m1/s1. The summed E-state index contributed by atoms with van der Waals surface area (Å²) < 4.78 is 39.2. The maximum atomic E-state index is 13.0. The van der Waals surface area contributed by atoms with E-state index in [1.807, 2.05) is 6.92 Å². The van der Waals surface area contributed by atoms with E-state index in [1.54, 1.807) is 25.3 Å². The van der Waals surface area contributed by atoms with Crippen molar-refractivity contribution in [3.05, 3.63) is 81.4 Å². The molecule has 0 radical (unpaired) electrons. The Kier molecular flexibility index (Phi) is 6.37. The number of nitrogens with one attached hydrogen (secondary N) is 1. The van der Waals surface area contributed by atoms with Gasteiger partial charge in [0.05, 0.1) is 17.2 Å². The van der Waals surface area contributed by atoms with E-state index in [0.29, 0.717) is 0 Å². The Balaban J connectivity index is 1.96. The van der Waals surface area contributed by atoms with Gasteiger partial charge >= 0.3 is 6.18 Å². The van der Waals surface area contributed by atoms with Crippen LogP contribution in [0, 0.1) is 6.92 Å². The summed E-state index contributed by atoms with van der Waals surface area (Å²) in [5.41, 5.74) is -0.938. The van der Waals surface area contributed by atoms with Crippen LogP contribution in [0.25, 0.3) is 5.82 Å². The van der Waals surface area contributed by atoms with Crippen molar-refractivity contribution in [1.29, 1.82) is 0 Å². The molecule has 0 saturated heterocycles. The van der Waals surface area contributed by atoms with Crippen molar-refractivity contribution in [2.24, 2.45) is 0 Å². The Morgan fingerprint density at radius 1 is 1.12 bits per heavy atom. The molecule has 0 aromatic carbocycles. The van der Waals surface area contributed by atoms with Crippen LogP contribution in [-0.2, 0) is 11.8 Å². The molecule has 174 valence electrons. The van der Waals surface area contributed by atoms with E-state index in [1.165, 1.54) is 26.1 Å². The Bertz CT molecular complexity index is 1210. The molecule has 1 atom stereocenters. The molecule has 3 aromatic rings. The lowest BCUT2D eigenvalue weighted by Gasteiger charge is -2.20. The number of halogens is 3. The van der Waals surface area contributed by atoms with Gasteiger partial charge in [0.25, 0.3) is 11.5 Å². The molecule has 0 aliphatic carbocycles. The van der Waals surface area contributed by atoms with Crippen molar-refractivity contribution in [2.45, 2.75) is 45.5 Å². The maximum absolute atomic E-state index is 13.0. The number of amides is 1. The number of rotatable bonds is 5. The van der Waals surface area contributed by atoms with Crippen LogP contribution in [-0.4, -0.2) is 30.5 Å². The molecule has 33 heavy (non-hydrogen) atoms. The number of hydrogen-bond acceptors (Lipinski definition) is 6. The number of aromatic nitrogens is 4. The lowest BCUT2D eigenvalue weighted by Crippen LogP contribution is -2.34. The maximum Gasteiger partial charge on any atom is 0.451 e. The summed E-state index contributed by atoms with van der Waals surface area (Å²) in [7, 11) is 0. The van der Waals surface area contributed by atoms with Crippen molar-refractivity contribution in [3.8, 4) is 5.82 Å². The molecule has 3 heterocycles. The highest BCUT2D eigenvalue weighted by molar-refractivity contribution is 5.94. The predicted octanol–water partition coefficient (Wildman–Crippen LogP) is 3.07. The van der Waals surface area contributed by atoms with E-state index in [-0.39, 0.29) is 22.5 Å². The van der Waals surface area contributed by atoms with Crippen LogP contribution in [0.15, 0.2) is 47.8 Å². The Morgan fingerprint density at radius 2 is 1.76 bits per heavy atom. The minimum atomic E-state index is -4.67. The number of alkyl halides is 3. The first-order valence-corrected chi connectivity index (χ1v) is 9.90. The monoisotopic (exact) mass is 461 g/mol. The van der Waals surface area contributed by atoms with Gasteiger partial charge in [0.2, 0.25) is 5.82 Å². The number of carbonyl (C=O) groups excluding carboxylic acids is 1. The lowest BCUT2D eigenvalue weighted by atomic mass is 9.98. The van der Waals surface area contributed by atoms with Gasteiger partial charge in [-0.25, -0.2) is 15.0 Å². The summed E-state index contributed by atoms with van der Waals surface area (Å²) in [5.74, 6) is -1.64. The zero-order valence-corrected chi connectivity index (χ0v) is 18.3. The van der Waals surface area contributed by atoms with E-state index in [9.17, 15) is 27.9 Å². The molecule has 0 spiro atoms. The van der Waals surface area contributed by atoms with E-state index in [4.69, 9.17) is 0 Å². The minimum absolute atomic E-state index is 0.0250. The van der Waals surface area contributed by atoms with Crippen LogP contribution in [0.3, 0.4) is 0 Å². The van der Waals surface area contributed by atoms with Crippen molar-refractivity contribution < 1.29 is 23.1 Å². The fraction of sp³-hybridized carbons (Fsp3) is 0.318. The summed E-state index contributed by atoms with van der Waals surface area (Å²) in [4.78, 5) is 36.7. The summed E-state index contributed by atoms with van der Waals surface area (Å²) in [6, 6.07) is 3.90. The molecule has 0 saturated carbocycles. The second-order valence-corrected chi connectivity index (χ2v) is 8.10. The zero-order valence-electron chi connectivity index (χ0n) is 18.3. The molecule has 0 aliphatic rings.